The Hall–Kier alpha value is -2.00. The molecule has 0 bridgehead atoms. The molecule has 2 aromatic carbocycles. The van der Waals surface area contributed by atoms with E-state index in [1.165, 1.54) is 0 Å². The number of fused-ring (bicyclic) bond motifs is 1. The fourth-order valence-electron chi connectivity index (χ4n) is 2.54. The highest BCUT2D eigenvalue weighted by Gasteiger charge is 2.11. The van der Waals surface area contributed by atoms with Crippen LogP contribution in [-0.4, -0.2) is 16.1 Å². The van der Waals surface area contributed by atoms with Crippen molar-refractivity contribution >= 4 is 28.6 Å². The number of unbranched alkanes of at least 4 members (excludes halogenated alkanes) is 1. The van der Waals surface area contributed by atoms with E-state index >= 15 is 0 Å². The van der Waals surface area contributed by atoms with E-state index in [9.17, 15) is 0 Å². The summed E-state index contributed by atoms with van der Waals surface area (Å²) < 4.78 is 2.20. The molecule has 0 saturated carbocycles. The summed E-state index contributed by atoms with van der Waals surface area (Å²) in [5.74, 6) is 0.912. The standard InChI is InChI=1S/C18H20ClN3/c1-2-3-12-20-18-21-16-10-6-7-11-17(16)22(18)13-14-8-4-5-9-15(14)19/h4-11H,2-3,12-13H2,1H3,(H,20,21). The average Bonchev–Trinajstić information content (AvgIpc) is 2.88. The van der Waals surface area contributed by atoms with Gasteiger partial charge in [0.2, 0.25) is 5.95 Å². The molecule has 3 aromatic rings. The van der Waals surface area contributed by atoms with Crippen LogP contribution in [0.3, 0.4) is 0 Å². The van der Waals surface area contributed by atoms with Gasteiger partial charge in [0.1, 0.15) is 0 Å². The van der Waals surface area contributed by atoms with E-state index in [4.69, 9.17) is 16.6 Å². The van der Waals surface area contributed by atoms with Crippen molar-refractivity contribution in [3.63, 3.8) is 0 Å². The summed E-state index contributed by atoms with van der Waals surface area (Å²) in [6.07, 6.45) is 2.30. The Labute approximate surface area is 135 Å². The van der Waals surface area contributed by atoms with Crippen molar-refractivity contribution in [3.05, 3.63) is 59.1 Å². The maximum absolute atomic E-state index is 6.32. The van der Waals surface area contributed by atoms with Crippen molar-refractivity contribution in [2.45, 2.75) is 26.3 Å². The number of para-hydroxylation sites is 2. The second-order valence-electron chi connectivity index (χ2n) is 5.38. The fourth-order valence-corrected chi connectivity index (χ4v) is 2.74. The topological polar surface area (TPSA) is 29.9 Å². The van der Waals surface area contributed by atoms with Gasteiger partial charge in [0.05, 0.1) is 17.6 Å². The number of hydrogen-bond acceptors (Lipinski definition) is 2. The summed E-state index contributed by atoms with van der Waals surface area (Å²) >= 11 is 6.32. The molecule has 1 N–H and O–H groups in total. The Balaban J connectivity index is 1.98. The Bertz CT molecular complexity index is 764. The number of anilines is 1. The molecule has 1 aromatic heterocycles. The van der Waals surface area contributed by atoms with Crippen molar-refractivity contribution in [1.82, 2.24) is 9.55 Å². The molecule has 0 fully saturated rings. The molecule has 114 valence electrons. The van der Waals surface area contributed by atoms with Gasteiger partial charge in [0.15, 0.2) is 0 Å². The van der Waals surface area contributed by atoms with Gasteiger partial charge < -0.3 is 9.88 Å². The van der Waals surface area contributed by atoms with Gasteiger partial charge in [-0.1, -0.05) is 55.3 Å². The maximum Gasteiger partial charge on any atom is 0.204 e. The summed E-state index contributed by atoms with van der Waals surface area (Å²) in [7, 11) is 0. The molecule has 0 saturated heterocycles. The quantitative estimate of drug-likeness (QED) is 0.652. The van der Waals surface area contributed by atoms with E-state index in [1.807, 2.05) is 36.4 Å². The lowest BCUT2D eigenvalue weighted by molar-refractivity contribution is 0.790. The van der Waals surface area contributed by atoms with Crippen LogP contribution in [0.2, 0.25) is 5.02 Å². The molecule has 0 aliphatic carbocycles. The highest BCUT2D eigenvalue weighted by atomic mass is 35.5. The number of rotatable bonds is 6. The van der Waals surface area contributed by atoms with Gasteiger partial charge in [-0.15, -0.1) is 0 Å². The van der Waals surface area contributed by atoms with Gasteiger partial charge in [0, 0.05) is 11.6 Å². The molecular weight excluding hydrogens is 294 g/mol. The highest BCUT2D eigenvalue weighted by Crippen LogP contribution is 2.24. The van der Waals surface area contributed by atoms with Gasteiger partial charge >= 0.3 is 0 Å². The van der Waals surface area contributed by atoms with Gasteiger partial charge in [0.25, 0.3) is 0 Å². The number of nitrogens with zero attached hydrogens (tertiary/aromatic N) is 2. The fraction of sp³-hybridized carbons (Fsp3) is 0.278. The SMILES string of the molecule is CCCCNc1nc2ccccc2n1Cc1ccccc1Cl. The maximum atomic E-state index is 6.32. The molecule has 3 nitrogen and oxygen atoms in total. The zero-order valence-electron chi connectivity index (χ0n) is 12.7. The first kappa shape index (κ1) is 14.9. The minimum atomic E-state index is 0.717. The van der Waals surface area contributed by atoms with E-state index < -0.39 is 0 Å². The summed E-state index contributed by atoms with van der Waals surface area (Å²) in [6.45, 7) is 3.84. The van der Waals surface area contributed by atoms with E-state index in [0.717, 1.165) is 47.0 Å². The average molecular weight is 314 g/mol. The molecule has 3 rings (SSSR count). The van der Waals surface area contributed by atoms with Crippen molar-refractivity contribution in [1.29, 1.82) is 0 Å². The highest BCUT2D eigenvalue weighted by molar-refractivity contribution is 6.31. The zero-order valence-corrected chi connectivity index (χ0v) is 13.5. The smallest absolute Gasteiger partial charge is 0.204 e. The normalized spacial score (nSPS) is 11.0. The van der Waals surface area contributed by atoms with Crippen LogP contribution in [0.5, 0.6) is 0 Å². The number of imidazole rings is 1. The van der Waals surface area contributed by atoms with E-state index in [1.54, 1.807) is 0 Å². The molecule has 0 spiro atoms. The summed E-state index contributed by atoms with van der Waals surface area (Å²) in [4.78, 5) is 4.72. The molecule has 0 atom stereocenters. The molecule has 0 radical (unpaired) electrons. The summed E-state index contributed by atoms with van der Waals surface area (Å²) in [6, 6.07) is 16.2. The van der Waals surface area contributed by atoms with Crippen molar-refractivity contribution in [3.8, 4) is 0 Å². The first-order chi connectivity index (χ1) is 10.8. The lowest BCUT2D eigenvalue weighted by Gasteiger charge is -2.11. The lowest BCUT2D eigenvalue weighted by atomic mass is 10.2. The Kier molecular flexibility index (Phi) is 4.64. The molecular formula is C18H20ClN3. The number of aromatic nitrogens is 2. The minimum absolute atomic E-state index is 0.717. The molecule has 0 aliphatic rings. The predicted octanol–water partition coefficient (Wildman–Crippen LogP) is 4.95. The van der Waals surface area contributed by atoms with E-state index in [0.29, 0.717) is 6.54 Å². The van der Waals surface area contributed by atoms with Gasteiger partial charge in [-0.2, -0.15) is 0 Å². The van der Waals surface area contributed by atoms with Crippen LogP contribution in [0.15, 0.2) is 48.5 Å². The van der Waals surface area contributed by atoms with E-state index in [-0.39, 0.29) is 0 Å². The third-order valence-electron chi connectivity index (χ3n) is 3.75. The zero-order chi connectivity index (χ0) is 15.4. The summed E-state index contributed by atoms with van der Waals surface area (Å²) in [5.41, 5.74) is 3.24. The Morgan fingerprint density at radius 2 is 1.86 bits per heavy atom. The largest absolute Gasteiger partial charge is 0.356 e. The molecule has 0 amide bonds. The van der Waals surface area contributed by atoms with Crippen LogP contribution in [0.1, 0.15) is 25.3 Å². The van der Waals surface area contributed by atoms with Gasteiger partial charge in [-0.05, 0) is 30.2 Å². The lowest BCUT2D eigenvalue weighted by Crippen LogP contribution is -2.09. The Morgan fingerprint density at radius 1 is 1.09 bits per heavy atom. The third-order valence-corrected chi connectivity index (χ3v) is 4.12. The second kappa shape index (κ2) is 6.84. The van der Waals surface area contributed by atoms with Crippen molar-refractivity contribution in [2.75, 3.05) is 11.9 Å². The molecule has 0 unspecified atom stereocenters. The van der Waals surface area contributed by atoms with Crippen LogP contribution < -0.4 is 5.32 Å². The van der Waals surface area contributed by atoms with E-state index in [2.05, 4.69) is 28.9 Å². The number of hydrogen-bond donors (Lipinski definition) is 1. The molecule has 4 heteroatoms. The number of halogens is 1. The van der Waals surface area contributed by atoms with Crippen molar-refractivity contribution in [2.24, 2.45) is 0 Å². The van der Waals surface area contributed by atoms with Crippen LogP contribution >= 0.6 is 11.6 Å². The van der Waals surface area contributed by atoms with Crippen LogP contribution in [0, 0.1) is 0 Å². The minimum Gasteiger partial charge on any atom is -0.356 e. The van der Waals surface area contributed by atoms with Crippen LogP contribution in [0.4, 0.5) is 5.95 Å². The Morgan fingerprint density at radius 3 is 2.68 bits per heavy atom. The van der Waals surface area contributed by atoms with Crippen LogP contribution in [0.25, 0.3) is 11.0 Å². The number of benzene rings is 2. The first-order valence-electron chi connectivity index (χ1n) is 7.72. The van der Waals surface area contributed by atoms with Crippen LogP contribution in [-0.2, 0) is 6.54 Å². The molecule has 0 aliphatic heterocycles. The third kappa shape index (κ3) is 3.09. The monoisotopic (exact) mass is 313 g/mol. The predicted molar refractivity (Wildman–Crippen MR) is 93.7 cm³/mol. The van der Waals surface area contributed by atoms with Crippen molar-refractivity contribution < 1.29 is 0 Å². The second-order valence-corrected chi connectivity index (χ2v) is 5.79. The molecule has 1 heterocycles. The number of nitrogens with one attached hydrogen (secondary N) is 1. The van der Waals surface area contributed by atoms with Gasteiger partial charge in [-0.3, -0.25) is 0 Å². The van der Waals surface area contributed by atoms with Gasteiger partial charge in [-0.25, -0.2) is 4.98 Å². The molecule has 22 heavy (non-hydrogen) atoms. The first-order valence-corrected chi connectivity index (χ1v) is 8.10. The summed E-state index contributed by atoms with van der Waals surface area (Å²) in [5, 5.41) is 4.24.